The molecule has 4 heteroatoms. The van der Waals surface area contributed by atoms with Gasteiger partial charge in [-0.05, 0) is 59.2 Å². The number of hydrogen-bond donors (Lipinski definition) is 2. The van der Waals surface area contributed by atoms with E-state index in [1.165, 1.54) is 0 Å². The van der Waals surface area contributed by atoms with Crippen LogP contribution in [0.25, 0.3) is 0 Å². The van der Waals surface area contributed by atoms with Crippen molar-refractivity contribution >= 4 is 0 Å². The van der Waals surface area contributed by atoms with Crippen LogP contribution in [0.4, 0.5) is 0 Å². The first-order valence-corrected chi connectivity index (χ1v) is 7.58. The SMILES string of the molecule is CCOc1cc(CNC(C)(C)C)ccc1OC(C)C(C)O. The van der Waals surface area contributed by atoms with Crippen molar-refractivity contribution in [2.75, 3.05) is 6.61 Å². The average molecular weight is 295 g/mol. The van der Waals surface area contributed by atoms with Gasteiger partial charge in [0.25, 0.3) is 0 Å². The van der Waals surface area contributed by atoms with Crippen LogP contribution < -0.4 is 14.8 Å². The number of aliphatic hydroxyl groups is 1. The first-order chi connectivity index (χ1) is 9.73. The molecule has 1 aromatic carbocycles. The zero-order chi connectivity index (χ0) is 16.0. The van der Waals surface area contributed by atoms with Crippen molar-refractivity contribution < 1.29 is 14.6 Å². The zero-order valence-electron chi connectivity index (χ0n) is 14.1. The summed E-state index contributed by atoms with van der Waals surface area (Å²) in [6.45, 7) is 13.3. The Morgan fingerprint density at radius 1 is 1.19 bits per heavy atom. The predicted molar refractivity (Wildman–Crippen MR) is 86.0 cm³/mol. The molecule has 4 nitrogen and oxygen atoms in total. The fourth-order valence-electron chi connectivity index (χ4n) is 1.69. The van der Waals surface area contributed by atoms with Crippen LogP contribution in [0.5, 0.6) is 11.5 Å². The Bertz CT molecular complexity index is 438. The lowest BCUT2D eigenvalue weighted by Gasteiger charge is -2.22. The summed E-state index contributed by atoms with van der Waals surface area (Å²) >= 11 is 0. The van der Waals surface area contributed by atoms with Gasteiger partial charge in [-0.3, -0.25) is 0 Å². The number of benzene rings is 1. The minimum absolute atomic E-state index is 0.0712. The number of rotatable bonds is 7. The molecule has 120 valence electrons. The van der Waals surface area contributed by atoms with Gasteiger partial charge >= 0.3 is 0 Å². The van der Waals surface area contributed by atoms with Gasteiger partial charge < -0.3 is 19.9 Å². The van der Waals surface area contributed by atoms with E-state index in [4.69, 9.17) is 9.47 Å². The molecule has 0 heterocycles. The third-order valence-electron chi connectivity index (χ3n) is 3.12. The molecule has 0 aliphatic heterocycles. The molecule has 0 aromatic heterocycles. The van der Waals surface area contributed by atoms with Gasteiger partial charge in [-0.1, -0.05) is 6.07 Å². The second kappa shape index (κ2) is 7.66. The minimum Gasteiger partial charge on any atom is -0.490 e. The summed E-state index contributed by atoms with van der Waals surface area (Å²) < 4.78 is 11.4. The topological polar surface area (TPSA) is 50.7 Å². The van der Waals surface area contributed by atoms with Crippen molar-refractivity contribution in [2.45, 2.75) is 65.8 Å². The molecule has 0 aliphatic rings. The van der Waals surface area contributed by atoms with Gasteiger partial charge in [-0.25, -0.2) is 0 Å². The molecule has 2 unspecified atom stereocenters. The summed E-state index contributed by atoms with van der Waals surface area (Å²) in [5, 5.41) is 13.0. The molecule has 2 N–H and O–H groups in total. The molecule has 0 aliphatic carbocycles. The molecule has 0 saturated carbocycles. The number of hydrogen-bond acceptors (Lipinski definition) is 4. The van der Waals surface area contributed by atoms with E-state index in [0.29, 0.717) is 12.4 Å². The normalized spacial score (nSPS) is 14.6. The third-order valence-corrected chi connectivity index (χ3v) is 3.12. The predicted octanol–water partition coefficient (Wildman–Crippen LogP) is 3.12. The van der Waals surface area contributed by atoms with Crippen LogP contribution in [0.1, 0.15) is 47.1 Å². The van der Waals surface area contributed by atoms with Gasteiger partial charge in [-0.2, -0.15) is 0 Å². The first-order valence-electron chi connectivity index (χ1n) is 7.58. The lowest BCUT2D eigenvalue weighted by Crippen LogP contribution is -2.35. The maximum atomic E-state index is 9.56. The Labute approximate surface area is 128 Å². The van der Waals surface area contributed by atoms with Crippen molar-refractivity contribution in [1.29, 1.82) is 0 Å². The first kappa shape index (κ1) is 17.8. The molecule has 0 radical (unpaired) electrons. The van der Waals surface area contributed by atoms with Crippen LogP contribution in [-0.4, -0.2) is 29.5 Å². The second-order valence-corrected chi connectivity index (χ2v) is 6.38. The molecule has 21 heavy (non-hydrogen) atoms. The standard InChI is InChI=1S/C17H29NO3/c1-7-20-16-10-14(11-18-17(4,5)6)8-9-15(16)21-13(3)12(2)19/h8-10,12-13,18-19H,7,11H2,1-6H3. The van der Waals surface area contributed by atoms with Crippen LogP contribution in [-0.2, 0) is 6.54 Å². The molecule has 0 spiro atoms. The highest BCUT2D eigenvalue weighted by molar-refractivity contribution is 5.43. The minimum atomic E-state index is -0.526. The highest BCUT2D eigenvalue weighted by Gasteiger charge is 2.15. The van der Waals surface area contributed by atoms with Crippen LogP contribution in [0.3, 0.4) is 0 Å². The summed E-state index contributed by atoms with van der Waals surface area (Å²) in [7, 11) is 0. The van der Waals surface area contributed by atoms with Gasteiger partial charge in [0, 0.05) is 12.1 Å². The molecule has 0 saturated heterocycles. The summed E-state index contributed by atoms with van der Waals surface area (Å²) in [6.07, 6.45) is -0.801. The Morgan fingerprint density at radius 2 is 1.86 bits per heavy atom. The van der Waals surface area contributed by atoms with Crippen LogP contribution in [0, 0.1) is 0 Å². The maximum absolute atomic E-state index is 9.56. The molecule has 1 rings (SSSR count). The fourth-order valence-corrected chi connectivity index (χ4v) is 1.69. The van der Waals surface area contributed by atoms with Gasteiger partial charge in [0.15, 0.2) is 11.5 Å². The monoisotopic (exact) mass is 295 g/mol. The van der Waals surface area contributed by atoms with Gasteiger partial charge in [0.1, 0.15) is 6.10 Å². The maximum Gasteiger partial charge on any atom is 0.161 e. The van der Waals surface area contributed by atoms with E-state index in [2.05, 4.69) is 26.1 Å². The van der Waals surface area contributed by atoms with E-state index >= 15 is 0 Å². The Kier molecular flexibility index (Phi) is 6.49. The Morgan fingerprint density at radius 3 is 2.38 bits per heavy atom. The van der Waals surface area contributed by atoms with E-state index in [9.17, 15) is 5.11 Å². The van der Waals surface area contributed by atoms with Crippen LogP contribution in [0.15, 0.2) is 18.2 Å². The van der Waals surface area contributed by atoms with E-state index in [1.807, 2.05) is 32.0 Å². The van der Waals surface area contributed by atoms with Gasteiger partial charge in [0.05, 0.1) is 12.7 Å². The zero-order valence-corrected chi connectivity index (χ0v) is 14.1. The van der Waals surface area contributed by atoms with Crippen molar-refractivity contribution in [3.8, 4) is 11.5 Å². The van der Waals surface area contributed by atoms with Crippen LogP contribution in [0.2, 0.25) is 0 Å². The van der Waals surface area contributed by atoms with E-state index < -0.39 is 6.10 Å². The van der Waals surface area contributed by atoms with Crippen LogP contribution >= 0.6 is 0 Å². The average Bonchev–Trinajstić information content (AvgIpc) is 2.38. The molecule has 2 atom stereocenters. The van der Waals surface area contributed by atoms with Crippen molar-refractivity contribution in [3.05, 3.63) is 23.8 Å². The fraction of sp³-hybridized carbons (Fsp3) is 0.647. The number of ether oxygens (including phenoxy) is 2. The number of nitrogens with one attached hydrogen (secondary N) is 1. The molecule has 0 bridgehead atoms. The lowest BCUT2D eigenvalue weighted by atomic mass is 10.1. The summed E-state index contributed by atoms with van der Waals surface area (Å²) in [5.74, 6) is 1.39. The highest BCUT2D eigenvalue weighted by Crippen LogP contribution is 2.30. The van der Waals surface area contributed by atoms with Gasteiger partial charge in [0.2, 0.25) is 0 Å². The second-order valence-electron chi connectivity index (χ2n) is 6.38. The quantitative estimate of drug-likeness (QED) is 0.811. The van der Waals surface area contributed by atoms with E-state index in [-0.39, 0.29) is 11.6 Å². The summed E-state index contributed by atoms with van der Waals surface area (Å²) in [4.78, 5) is 0. The van der Waals surface area contributed by atoms with E-state index in [1.54, 1.807) is 6.92 Å². The molecule has 1 aromatic rings. The summed E-state index contributed by atoms with van der Waals surface area (Å²) in [6, 6.07) is 5.92. The highest BCUT2D eigenvalue weighted by atomic mass is 16.5. The lowest BCUT2D eigenvalue weighted by molar-refractivity contribution is 0.0582. The smallest absolute Gasteiger partial charge is 0.161 e. The van der Waals surface area contributed by atoms with Crippen molar-refractivity contribution in [1.82, 2.24) is 5.32 Å². The molecular formula is C17H29NO3. The largest absolute Gasteiger partial charge is 0.490 e. The van der Waals surface area contributed by atoms with Crippen molar-refractivity contribution in [2.24, 2.45) is 0 Å². The molecular weight excluding hydrogens is 266 g/mol. The molecule has 0 fully saturated rings. The number of aliphatic hydroxyl groups excluding tert-OH is 1. The Balaban J connectivity index is 2.85. The third kappa shape index (κ3) is 6.36. The summed E-state index contributed by atoms with van der Waals surface area (Å²) in [5.41, 5.74) is 1.22. The van der Waals surface area contributed by atoms with E-state index in [0.717, 1.165) is 17.9 Å². The van der Waals surface area contributed by atoms with Gasteiger partial charge in [-0.15, -0.1) is 0 Å². The molecule has 0 amide bonds. The Hall–Kier alpha value is -1.26. The van der Waals surface area contributed by atoms with Crippen molar-refractivity contribution in [3.63, 3.8) is 0 Å².